The quantitative estimate of drug-likeness (QED) is 0.878. The van der Waals surface area contributed by atoms with Gasteiger partial charge < -0.3 is 5.32 Å². The number of aryl methyl sites for hydroxylation is 2. The van der Waals surface area contributed by atoms with Gasteiger partial charge in [-0.1, -0.05) is 13.0 Å². The van der Waals surface area contributed by atoms with Crippen molar-refractivity contribution in [2.75, 3.05) is 7.05 Å². The lowest BCUT2D eigenvalue weighted by molar-refractivity contribution is 0.538. The minimum Gasteiger partial charge on any atom is -0.316 e. The molecule has 2 rings (SSSR count). The molecule has 1 saturated carbocycles. The molecule has 1 aliphatic rings. The van der Waals surface area contributed by atoms with Crippen molar-refractivity contribution in [2.24, 2.45) is 5.92 Å². The van der Waals surface area contributed by atoms with Crippen LogP contribution in [0.3, 0.4) is 0 Å². The van der Waals surface area contributed by atoms with Gasteiger partial charge >= 0.3 is 0 Å². The zero-order valence-corrected chi connectivity index (χ0v) is 14.2. The van der Waals surface area contributed by atoms with Crippen LogP contribution in [0.25, 0.3) is 0 Å². The zero-order valence-electron chi connectivity index (χ0n) is 13.4. The molecule has 21 heavy (non-hydrogen) atoms. The monoisotopic (exact) mass is 310 g/mol. The maximum absolute atomic E-state index is 12.7. The molecule has 1 fully saturated rings. The molecule has 2 N–H and O–H groups in total. The minimum absolute atomic E-state index is 0.0819. The van der Waals surface area contributed by atoms with Crippen molar-refractivity contribution in [3.63, 3.8) is 0 Å². The predicted molar refractivity (Wildman–Crippen MR) is 85.8 cm³/mol. The highest BCUT2D eigenvalue weighted by molar-refractivity contribution is 7.89. The summed E-state index contributed by atoms with van der Waals surface area (Å²) < 4.78 is 28.2. The predicted octanol–water partition coefficient (Wildman–Crippen LogP) is 2.49. The summed E-state index contributed by atoms with van der Waals surface area (Å²) in [4.78, 5) is 0.415. The zero-order chi connectivity index (χ0) is 15.6. The number of benzene rings is 1. The summed E-state index contributed by atoms with van der Waals surface area (Å²) in [5.74, 6) is 0.608. The van der Waals surface area contributed by atoms with Gasteiger partial charge in [0.2, 0.25) is 10.0 Å². The average Bonchev–Trinajstić information content (AvgIpc) is 2.77. The topological polar surface area (TPSA) is 58.2 Å². The van der Waals surface area contributed by atoms with Crippen molar-refractivity contribution in [2.45, 2.75) is 57.5 Å². The third-order valence-electron chi connectivity index (χ3n) is 4.31. The highest BCUT2D eigenvalue weighted by Crippen LogP contribution is 2.27. The van der Waals surface area contributed by atoms with E-state index in [0.717, 1.165) is 36.0 Å². The first-order valence-electron chi connectivity index (χ1n) is 7.60. The molecule has 0 spiro atoms. The maximum atomic E-state index is 12.7. The molecule has 0 aromatic heterocycles. The second kappa shape index (κ2) is 6.46. The van der Waals surface area contributed by atoms with Crippen molar-refractivity contribution in [1.82, 2.24) is 10.0 Å². The molecule has 1 aromatic carbocycles. The molecule has 4 nitrogen and oxygen atoms in total. The van der Waals surface area contributed by atoms with Gasteiger partial charge in [-0.3, -0.25) is 0 Å². The fraction of sp³-hybridized carbons (Fsp3) is 0.625. The van der Waals surface area contributed by atoms with Crippen LogP contribution in [0.15, 0.2) is 17.0 Å². The normalized spacial score (nSPS) is 22.7. The van der Waals surface area contributed by atoms with E-state index in [1.807, 2.05) is 33.0 Å². The summed E-state index contributed by atoms with van der Waals surface area (Å²) in [6.07, 6.45) is 2.98. The SMILES string of the molecule is CNCc1cc(S(=O)(=O)NC2CCC(C)C2)c(C)cc1C. The Balaban J connectivity index is 2.28. The van der Waals surface area contributed by atoms with Crippen LogP contribution in [0.4, 0.5) is 0 Å². The van der Waals surface area contributed by atoms with E-state index in [0.29, 0.717) is 17.4 Å². The van der Waals surface area contributed by atoms with Gasteiger partial charge in [0.1, 0.15) is 0 Å². The van der Waals surface area contributed by atoms with Gasteiger partial charge in [0.15, 0.2) is 0 Å². The number of hydrogen-bond donors (Lipinski definition) is 2. The van der Waals surface area contributed by atoms with Gasteiger partial charge in [-0.2, -0.15) is 0 Å². The lowest BCUT2D eigenvalue weighted by Crippen LogP contribution is -2.33. The lowest BCUT2D eigenvalue weighted by atomic mass is 10.1. The van der Waals surface area contributed by atoms with Crippen LogP contribution in [0.2, 0.25) is 0 Å². The van der Waals surface area contributed by atoms with E-state index in [1.54, 1.807) is 0 Å². The first kappa shape index (κ1) is 16.5. The molecule has 5 heteroatoms. The van der Waals surface area contributed by atoms with Gasteiger partial charge in [0, 0.05) is 12.6 Å². The molecular formula is C16H26N2O2S. The molecule has 1 aromatic rings. The van der Waals surface area contributed by atoms with E-state index in [9.17, 15) is 8.42 Å². The van der Waals surface area contributed by atoms with Crippen molar-refractivity contribution in [3.8, 4) is 0 Å². The van der Waals surface area contributed by atoms with E-state index in [1.165, 1.54) is 0 Å². The number of nitrogens with one attached hydrogen (secondary N) is 2. The second-order valence-corrected chi connectivity index (χ2v) is 7.99. The molecule has 0 amide bonds. The molecule has 0 heterocycles. The average molecular weight is 310 g/mol. The molecule has 0 bridgehead atoms. The van der Waals surface area contributed by atoms with Gasteiger partial charge in [-0.05, 0) is 68.8 Å². The Labute approximate surface area is 128 Å². The Morgan fingerprint density at radius 1 is 1.19 bits per heavy atom. The fourth-order valence-electron chi connectivity index (χ4n) is 3.14. The minimum atomic E-state index is -3.43. The highest BCUT2D eigenvalue weighted by atomic mass is 32.2. The molecule has 0 aliphatic heterocycles. The Kier molecular flexibility index (Phi) is 5.07. The van der Waals surface area contributed by atoms with Gasteiger partial charge in [0.05, 0.1) is 4.90 Å². The summed E-state index contributed by atoms with van der Waals surface area (Å²) in [5, 5.41) is 3.09. The number of sulfonamides is 1. The summed E-state index contributed by atoms with van der Waals surface area (Å²) >= 11 is 0. The second-order valence-electron chi connectivity index (χ2n) is 6.31. The standard InChI is InChI=1S/C16H26N2O2S/c1-11-5-6-15(7-11)18-21(19,20)16-9-14(10-17-4)12(2)8-13(16)3/h8-9,11,15,17-18H,5-7,10H2,1-4H3. The molecule has 118 valence electrons. The van der Waals surface area contributed by atoms with E-state index < -0.39 is 10.0 Å². The van der Waals surface area contributed by atoms with Crippen molar-refractivity contribution >= 4 is 10.0 Å². The van der Waals surface area contributed by atoms with E-state index in [-0.39, 0.29) is 6.04 Å². The third kappa shape index (κ3) is 3.84. The first-order valence-corrected chi connectivity index (χ1v) is 9.09. The highest BCUT2D eigenvalue weighted by Gasteiger charge is 2.27. The molecule has 2 unspecified atom stereocenters. The van der Waals surface area contributed by atoms with E-state index in [4.69, 9.17) is 0 Å². The van der Waals surface area contributed by atoms with Crippen LogP contribution in [-0.4, -0.2) is 21.5 Å². The van der Waals surface area contributed by atoms with Crippen molar-refractivity contribution in [3.05, 3.63) is 28.8 Å². The summed E-state index contributed by atoms with van der Waals surface area (Å²) in [5.41, 5.74) is 2.96. The van der Waals surface area contributed by atoms with Crippen LogP contribution >= 0.6 is 0 Å². The van der Waals surface area contributed by atoms with Gasteiger partial charge in [0.25, 0.3) is 0 Å². The van der Waals surface area contributed by atoms with Crippen molar-refractivity contribution < 1.29 is 8.42 Å². The summed E-state index contributed by atoms with van der Waals surface area (Å²) in [6.45, 7) is 6.73. The van der Waals surface area contributed by atoms with Gasteiger partial charge in [-0.25, -0.2) is 13.1 Å². The van der Waals surface area contributed by atoms with E-state index >= 15 is 0 Å². The van der Waals surface area contributed by atoms with Crippen molar-refractivity contribution in [1.29, 1.82) is 0 Å². The van der Waals surface area contributed by atoms with Crippen LogP contribution in [0, 0.1) is 19.8 Å². The Bertz CT molecular complexity index is 611. The summed E-state index contributed by atoms with van der Waals surface area (Å²) in [7, 11) is -1.57. The Hall–Kier alpha value is -0.910. The molecule has 0 saturated heterocycles. The Morgan fingerprint density at radius 2 is 1.90 bits per heavy atom. The van der Waals surface area contributed by atoms with Crippen LogP contribution in [0.1, 0.15) is 42.9 Å². The molecule has 0 radical (unpaired) electrons. The van der Waals surface area contributed by atoms with Crippen LogP contribution in [0.5, 0.6) is 0 Å². The first-order chi connectivity index (χ1) is 9.83. The molecular weight excluding hydrogens is 284 g/mol. The maximum Gasteiger partial charge on any atom is 0.241 e. The molecule has 2 atom stereocenters. The van der Waals surface area contributed by atoms with Crippen LogP contribution < -0.4 is 10.0 Å². The smallest absolute Gasteiger partial charge is 0.241 e. The largest absolute Gasteiger partial charge is 0.316 e. The fourth-order valence-corrected chi connectivity index (χ4v) is 4.70. The number of hydrogen-bond acceptors (Lipinski definition) is 3. The van der Waals surface area contributed by atoms with Gasteiger partial charge in [-0.15, -0.1) is 0 Å². The lowest BCUT2D eigenvalue weighted by Gasteiger charge is -2.16. The van der Waals surface area contributed by atoms with E-state index in [2.05, 4.69) is 17.0 Å². The number of rotatable bonds is 5. The van der Waals surface area contributed by atoms with Crippen LogP contribution in [-0.2, 0) is 16.6 Å². The molecule has 1 aliphatic carbocycles. The Morgan fingerprint density at radius 3 is 2.48 bits per heavy atom. The third-order valence-corrected chi connectivity index (χ3v) is 5.97. The summed E-state index contributed by atoms with van der Waals surface area (Å²) in [6, 6.07) is 3.85.